The number of benzene rings is 1. The fraction of sp³-hybridized carbons (Fsp3) is 0.0909. The van der Waals surface area contributed by atoms with Crippen LogP contribution in [0.3, 0.4) is 0 Å². The van der Waals surface area contributed by atoms with E-state index in [0.717, 1.165) is 11.8 Å². The molecule has 1 aromatic carbocycles. The lowest BCUT2D eigenvalue weighted by molar-refractivity contribution is 0.102. The summed E-state index contributed by atoms with van der Waals surface area (Å²) in [6, 6.07) is 3.68. The minimum atomic E-state index is -3.90. The molecular formula is C11H10ClN3O3S2. The molecule has 1 amide bonds. The van der Waals surface area contributed by atoms with Gasteiger partial charge in [0.2, 0.25) is 10.0 Å². The molecule has 6 nitrogen and oxygen atoms in total. The van der Waals surface area contributed by atoms with Crippen LogP contribution in [0.2, 0.25) is 5.02 Å². The maximum atomic E-state index is 12.1. The number of nitrogens with zero attached hydrogens (tertiary/aromatic N) is 1. The lowest BCUT2D eigenvalue weighted by atomic mass is 10.2. The van der Waals surface area contributed by atoms with Crippen molar-refractivity contribution in [2.24, 2.45) is 5.14 Å². The normalized spacial score (nSPS) is 11.3. The summed E-state index contributed by atoms with van der Waals surface area (Å²) in [7, 11) is -3.90. The monoisotopic (exact) mass is 331 g/mol. The fourth-order valence-electron chi connectivity index (χ4n) is 1.43. The van der Waals surface area contributed by atoms with Gasteiger partial charge in [-0.25, -0.2) is 18.5 Å². The van der Waals surface area contributed by atoms with Crippen molar-refractivity contribution in [1.29, 1.82) is 0 Å². The number of rotatable bonds is 3. The number of anilines is 1. The topological polar surface area (TPSA) is 102 Å². The Labute approximate surface area is 124 Å². The van der Waals surface area contributed by atoms with Crippen LogP contribution in [0.5, 0.6) is 0 Å². The van der Waals surface area contributed by atoms with Gasteiger partial charge in [0, 0.05) is 5.38 Å². The van der Waals surface area contributed by atoms with Crippen LogP contribution < -0.4 is 10.5 Å². The maximum absolute atomic E-state index is 12.1. The first-order valence-electron chi connectivity index (χ1n) is 5.33. The van der Waals surface area contributed by atoms with Crippen molar-refractivity contribution < 1.29 is 13.2 Å². The Bertz CT molecular complexity index is 771. The molecule has 1 aromatic heterocycles. The molecule has 0 saturated heterocycles. The van der Waals surface area contributed by atoms with Crippen molar-refractivity contribution in [2.45, 2.75) is 11.8 Å². The Morgan fingerprint density at radius 1 is 1.45 bits per heavy atom. The summed E-state index contributed by atoms with van der Waals surface area (Å²) in [5.41, 5.74) is 0.792. The van der Waals surface area contributed by atoms with E-state index < -0.39 is 15.9 Å². The molecule has 0 bridgehead atoms. The molecule has 2 aromatic rings. The highest BCUT2D eigenvalue weighted by Gasteiger charge is 2.16. The van der Waals surface area contributed by atoms with Crippen molar-refractivity contribution in [1.82, 2.24) is 4.98 Å². The number of hydrogen-bond donors (Lipinski definition) is 2. The lowest BCUT2D eigenvalue weighted by Gasteiger charge is -2.06. The van der Waals surface area contributed by atoms with Crippen LogP contribution in [0.1, 0.15) is 16.1 Å². The minimum absolute atomic E-state index is 0.0195. The van der Waals surface area contributed by atoms with Crippen LogP contribution in [0.4, 0.5) is 5.13 Å². The largest absolute Gasteiger partial charge is 0.298 e. The number of carbonyl (C=O) groups is 1. The van der Waals surface area contributed by atoms with Crippen molar-refractivity contribution in [3.63, 3.8) is 0 Å². The average molecular weight is 332 g/mol. The number of sulfonamides is 1. The zero-order chi connectivity index (χ0) is 14.9. The summed E-state index contributed by atoms with van der Waals surface area (Å²) in [5, 5.41) is 9.88. The molecule has 3 N–H and O–H groups in total. The van der Waals surface area contributed by atoms with E-state index in [4.69, 9.17) is 16.7 Å². The molecule has 9 heteroatoms. The average Bonchev–Trinajstić information content (AvgIpc) is 2.73. The quantitative estimate of drug-likeness (QED) is 0.897. The number of carbonyl (C=O) groups excluding carboxylic acids is 1. The van der Waals surface area contributed by atoms with E-state index in [2.05, 4.69) is 10.3 Å². The van der Waals surface area contributed by atoms with Crippen LogP contribution >= 0.6 is 22.9 Å². The molecule has 0 aliphatic rings. The molecule has 20 heavy (non-hydrogen) atoms. The fourth-order valence-corrected chi connectivity index (χ4v) is 2.86. The second kappa shape index (κ2) is 5.49. The Balaban J connectivity index is 2.34. The number of nitrogens with two attached hydrogens (primary N) is 1. The van der Waals surface area contributed by atoms with E-state index in [0.29, 0.717) is 5.13 Å². The van der Waals surface area contributed by atoms with Crippen molar-refractivity contribution in [3.8, 4) is 0 Å². The van der Waals surface area contributed by atoms with Crippen LogP contribution in [0.15, 0.2) is 28.5 Å². The highest BCUT2D eigenvalue weighted by molar-refractivity contribution is 7.89. The van der Waals surface area contributed by atoms with E-state index in [9.17, 15) is 13.2 Å². The SMILES string of the molecule is Cc1csc(NC(=O)c2cc(S(N)(=O)=O)ccc2Cl)n1. The molecule has 2 rings (SSSR count). The van der Waals surface area contributed by atoms with Gasteiger partial charge in [-0.05, 0) is 25.1 Å². The third kappa shape index (κ3) is 3.34. The van der Waals surface area contributed by atoms with Crippen molar-refractivity contribution >= 4 is 44.0 Å². The zero-order valence-corrected chi connectivity index (χ0v) is 12.6. The Morgan fingerprint density at radius 2 is 2.15 bits per heavy atom. The maximum Gasteiger partial charge on any atom is 0.259 e. The number of halogens is 1. The standard InChI is InChI=1S/C11H10ClN3O3S2/c1-6-5-19-11(14-6)15-10(16)8-4-7(20(13,17)18)2-3-9(8)12/h2-5H,1H3,(H2,13,17,18)(H,14,15,16). The molecule has 0 atom stereocenters. The first kappa shape index (κ1) is 14.9. The predicted octanol–water partition coefficient (Wildman–Crippen LogP) is 2.00. The summed E-state index contributed by atoms with van der Waals surface area (Å²) < 4.78 is 22.5. The predicted molar refractivity (Wildman–Crippen MR) is 77.6 cm³/mol. The zero-order valence-electron chi connectivity index (χ0n) is 10.3. The summed E-state index contributed by atoms with van der Waals surface area (Å²) >= 11 is 7.16. The van der Waals surface area contributed by atoms with E-state index in [1.54, 1.807) is 12.3 Å². The molecule has 0 aliphatic heterocycles. The summed E-state index contributed by atoms with van der Waals surface area (Å²) in [4.78, 5) is 16.0. The third-order valence-electron chi connectivity index (χ3n) is 2.35. The Kier molecular flexibility index (Phi) is 4.09. The number of primary sulfonamides is 1. The number of amides is 1. The number of aryl methyl sites for hydroxylation is 1. The van der Waals surface area contributed by atoms with Gasteiger partial charge >= 0.3 is 0 Å². The molecule has 0 radical (unpaired) electrons. The van der Waals surface area contributed by atoms with E-state index in [-0.39, 0.29) is 15.5 Å². The van der Waals surface area contributed by atoms with Gasteiger partial charge in [0.25, 0.3) is 5.91 Å². The summed E-state index contributed by atoms with van der Waals surface area (Å²) in [5.74, 6) is -0.546. The number of thiazole rings is 1. The van der Waals surface area contributed by atoms with Gasteiger partial charge in [0.15, 0.2) is 5.13 Å². The van der Waals surface area contributed by atoms with Gasteiger partial charge < -0.3 is 0 Å². The van der Waals surface area contributed by atoms with Gasteiger partial charge in [0.05, 0.1) is 21.2 Å². The van der Waals surface area contributed by atoms with Crippen molar-refractivity contribution in [3.05, 3.63) is 39.9 Å². The Hall–Kier alpha value is -1.48. The van der Waals surface area contributed by atoms with Gasteiger partial charge in [-0.2, -0.15) is 0 Å². The third-order valence-corrected chi connectivity index (χ3v) is 4.47. The number of hydrogen-bond acceptors (Lipinski definition) is 5. The van der Waals surface area contributed by atoms with Crippen molar-refractivity contribution in [2.75, 3.05) is 5.32 Å². The first-order chi connectivity index (χ1) is 9.27. The van der Waals surface area contributed by atoms with Crippen LogP contribution in [-0.4, -0.2) is 19.3 Å². The molecular weight excluding hydrogens is 322 g/mol. The van der Waals surface area contributed by atoms with E-state index >= 15 is 0 Å². The van der Waals surface area contributed by atoms with Crippen LogP contribution in [0.25, 0.3) is 0 Å². The molecule has 0 spiro atoms. The lowest BCUT2D eigenvalue weighted by Crippen LogP contribution is -2.16. The minimum Gasteiger partial charge on any atom is -0.298 e. The van der Waals surface area contributed by atoms with E-state index in [1.807, 2.05) is 0 Å². The molecule has 0 unspecified atom stereocenters. The summed E-state index contributed by atoms with van der Waals surface area (Å²) in [6.07, 6.45) is 0. The van der Waals surface area contributed by atoms with E-state index in [1.165, 1.54) is 23.5 Å². The first-order valence-corrected chi connectivity index (χ1v) is 8.13. The molecule has 0 saturated carbocycles. The Morgan fingerprint density at radius 3 is 2.70 bits per heavy atom. The molecule has 1 heterocycles. The smallest absolute Gasteiger partial charge is 0.259 e. The van der Waals surface area contributed by atoms with Crippen LogP contribution in [0, 0.1) is 6.92 Å². The highest BCUT2D eigenvalue weighted by atomic mass is 35.5. The second-order valence-corrected chi connectivity index (χ2v) is 6.76. The van der Waals surface area contributed by atoms with Crippen LogP contribution in [-0.2, 0) is 10.0 Å². The summed E-state index contributed by atoms with van der Waals surface area (Å²) in [6.45, 7) is 1.79. The highest BCUT2D eigenvalue weighted by Crippen LogP contribution is 2.22. The number of aromatic nitrogens is 1. The molecule has 0 aliphatic carbocycles. The second-order valence-electron chi connectivity index (χ2n) is 3.93. The molecule has 0 fully saturated rings. The van der Waals surface area contributed by atoms with Gasteiger partial charge in [-0.1, -0.05) is 11.6 Å². The number of nitrogens with one attached hydrogen (secondary N) is 1. The van der Waals surface area contributed by atoms with Gasteiger partial charge in [-0.15, -0.1) is 11.3 Å². The molecule has 106 valence electrons. The van der Waals surface area contributed by atoms with Gasteiger partial charge in [-0.3, -0.25) is 10.1 Å². The van der Waals surface area contributed by atoms with Gasteiger partial charge in [0.1, 0.15) is 0 Å².